The molecule has 1 aromatic carbocycles. The smallest absolute Gasteiger partial charge is 0.259 e. The van der Waals surface area contributed by atoms with Crippen molar-refractivity contribution in [3.05, 3.63) is 29.6 Å². The minimum absolute atomic E-state index is 0.0651. The van der Waals surface area contributed by atoms with Crippen LogP contribution in [0.2, 0.25) is 0 Å². The molecule has 7 heteroatoms. The summed E-state index contributed by atoms with van der Waals surface area (Å²) in [6.07, 6.45) is 0. The van der Waals surface area contributed by atoms with Crippen LogP contribution in [0.25, 0.3) is 11.3 Å². The fourth-order valence-corrected chi connectivity index (χ4v) is 2.22. The molecule has 25 heavy (non-hydrogen) atoms. The number of ether oxygens (including phenoxy) is 1. The van der Waals surface area contributed by atoms with Gasteiger partial charge in [0.1, 0.15) is 5.56 Å². The summed E-state index contributed by atoms with van der Waals surface area (Å²) in [5.41, 5.74) is 0.757. The summed E-state index contributed by atoms with van der Waals surface area (Å²) in [6, 6.07) is 4.27. The quantitative estimate of drug-likeness (QED) is 0.897. The second-order valence-corrected chi connectivity index (χ2v) is 7.20. The highest BCUT2D eigenvalue weighted by Crippen LogP contribution is 2.33. The molecule has 1 amide bonds. The van der Waals surface area contributed by atoms with E-state index in [2.05, 4.69) is 10.5 Å². The Kier molecular flexibility index (Phi) is 5.35. The van der Waals surface area contributed by atoms with E-state index >= 15 is 0 Å². The zero-order valence-electron chi connectivity index (χ0n) is 15.4. The number of benzene rings is 1. The van der Waals surface area contributed by atoms with Gasteiger partial charge in [-0.25, -0.2) is 4.39 Å². The molecule has 0 spiro atoms. The molecule has 0 atom stereocenters. The molecule has 0 radical (unpaired) electrons. The Morgan fingerprint density at radius 3 is 2.60 bits per heavy atom. The largest absolute Gasteiger partial charge is 0.494 e. The fourth-order valence-electron chi connectivity index (χ4n) is 2.22. The maximum Gasteiger partial charge on any atom is 0.259 e. The second kappa shape index (κ2) is 7.13. The summed E-state index contributed by atoms with van der Waals surface area (Å²) in [7, 11) is 4.92. The van der Waals surface area contributed by atoms with E-state index in [0.29, 0.717) is 23.5 Å². The molecule has 0 aliphatic heterocycles. The van der Waals surface area contributed by atoms with Gasteiger partial charge < -0.3 is 19.5 Å². The van der Waals surface area contributed by atoms with Crippen LogP contribution in [0, 0.1) is 11.2 Å². The Morgan fingerprint density at radius 2 is 2.04 bits per heavy atom. The highest BCUT2D eigenvalue weighted by atomic mass is 19.1. The molecule has 0 aliphatic carbocycles. The summed E-state index contributed by atoms with van der Waals surface area (Å²) >= 11 is 0. The number of carbonyl (C=O) groups is 1. The van der Waals surface area contributed by atoms with E-state index in [1.807, 2.05) is 20.8 Å². The Hall–Kier alpha value is -2.57. The van der Waals surface area contributed by atoms with Crippen molar-refractivity contribution in [1.82, 2.24) is 10.5 Å². The Labute approximate surface area is 146 Å². The van der Waals surface area contributed by atoms with Crippen LogP contribution in [0.3, 0.4) is 0 Å². The van der Waals surface area contributed by atoms with Gasteiger partial charge in [0.25, 0.3) is 5.91 Å². The monoisotopic (exact) mass is 349 g/mol. The van der Waals surface area contributed by atoms with Gasteiger partial charge in [-0.3, -0.25) is 4.79 Å². The van der Waals surface area contributed by atoms with Crippen molar-refractivity contribution in [3.63, 3.8) is 0 Å². The van der Waals surface area contributed by atoms with Crippen LogP contribution in [-0.4, -0.2) is 38.8 Å². The Morgan fingerprint density at radius 1 is 1.36 bits per heavy atom. The molecular formula is C18H24FN3O3. The maximum atomic E-state index is 13.7. The van der Waals surface area contributed by atoms with Crippen molar-refractivity contribution in [2.75, 3.05) is 32.6 Å². The standard InChI is InChI=1S/C18H24FN3O3/c1-18(2,3)10-20-17(23)14-15(25-21-16(14)22(4)5)11-7-8-12(19)13(9-11)24-6/h7-9H,10H2,1-6H3,(H,20,23). The number of methoxy groups -OCH3 is 1. The van der Waals surface area contributed by atoms with Gasteiger partial charge in [-0.2, -0.15) is 0 Å². The SMILES string of the molecule is COc1cc(-c2onc(N(C)C)c2C(=O)NCC(C)(C)C)ccc1F. The van der Waals surface area contributed by atoms with Gasteiger partial charge in [-0.1, -0.05) is 25.9 Å². The molecule has 1 heterocycles. The van der Waals surface area contributed by atoms with E-state index in [0.717, 1.165) is 0 Å². The summed E-state index contributed by atoms with van der Waals surface area (Å²) < 4.78 is 24.1. The van der Waals surface area contributed by atoms with Gasteiger partial charge in [0.15, 0.2) is 23.1 Å². The molecule has 1 aromatic heterocycles. The van der Waals surface area contributed by atoms with Crippen LogP contribution in [0.15, 0.2) is 22.7 Å². The van der Waals surface area contributed by atoms with Crippen LogP contribution in [0.4, 0.5) is 10.2 Å². The van der Waals surface area contributed by atoms with E-state index in [4.69, 9.17) is 9.26 Å². The third-order valence-electron chi connectivity index (χ3n) is 3.52. The number of rotatable bonds is 5. The zero-order chi connectivity index (χ0) is 18.8. The number of aromatic nitrogens is 1. The normalized spacial score (nSPS) is 11.3. The van der Waals surface area contributed by atoms with Crippen LogP contribution in [0.1, 0.15) is 31.1 Å². The second-order valence-electron chi connectivity index (χ2n) is 7.20. The fraction of sp³-hybridized carbons (Fsp3) is 0.444. The maximum absolute atomic E-state index is 13.7. The molecule has 6 nitrogen and oxygen atoms in total. The van der Waals surface area contributed by atoms with E-state index < -0.39 is 5.82 Å². The number of nitrogens with zero attached hydrogens (tertiary/aromatic N) is 2. The molecule has 136 valence electrons. The molecule has 0 fully saturated rings. The molecule has 0 bridgehead atoms. The summed E-state index contributed by atoms with van der Waals surface area (Å²) in [4.78, 5) is 14.4. The predicted octanol–water partition coefficient (Wildman–Crippen LogP) is 3.33. The number of carbonyl (C=O) groups excluding carboxylic acids is 1. The van der Waals surface area contributed by atoms with Gasteiger partial charge in [0.05, 0.1) is 7.11 Å². The van der Waals surface area contributed by atoms with Crippen molar-refractivity contribution in [2.45, 2.75) is 20.8 Å². The highest BCUT2D eigenvalue weighted by Gasteiger charge is 2.27. The molecular weight excluding hydrogens is 325 g/mol. The van der Waals surface area contributed by atoms with Crippen molar-refractivity contribution >= 4 is 11.7 Å². The number of halogens is 1. The molecule has 0 saturated carbocycles. The number of nitrogens with one attached hydrogen (secondary N) is 1. The minimum atomic E-state index is -0.489. The van der Waals surface area contributed by atoms with E-state index in [1.165, 1.54) is 25.3 Å². The highest BCUT2D eigenvalue weighted by molar-refractivity contribution is 6.04. The van der Waals surface area contributed by atoms with Crippen molar-refractivity contribution in [1.29, 1.82) is 0 Å². The molecule has 2 rings (SSSR count). The first-order chi connectivity index (χ1) is 11.6. The van der Waals surface area contributed by atoms with E-state index in [1.54, 1.807) is 19.0 Å². The molecule has 1 N–H and O–H groups in total. The average Bonchev–Trinajstić information content (AvgIpc) is 2.97. The Bertz CT molecular complexity index is 763. The van der Waals surface area contributed by atoms with Crippen LogP contribution < -0.4 is 15.0 Å². The van der Waals surface area contributed by atoms with Gasteiger partial charge in [-0.05, 0) is 23.6 Å². The van der Waals surface area contributed by atoms with Crippen LogP contribution in [0.5, 0.6) is 5.75 Å². The summed E-state index contributed by atoms with van der Waals surface area (Å²) in [6.45, 7) is 6.58. The lowest BCUT2D eigenvalue weighted by atomic mass is 9.96. The number of amides is 1. The van der Waals surface area contributed by atoms with Crippen LogP contribution >= 0.6 is 0 Å². The third kappa shape index (κ3) is 4.29. The lowest BCUT2D eigenvalue weighted by molar-refractivity contribution is 0.0940. The summed E-state index contributed by atoms with van der Waals surface area (Å²) in [5, 5.41) is 6.89. The van der Waals surface area contributed by atoms with Gasteiger partial charge >= 0.3 is 0 Å². The minimum Gasteiger partial charge on any atom is -0.494 e. The number of hydrogen-bond acceptors (Lipinski definition) is 5. The van der Waals surface area contributed by atoms with Crippen molar-refractivity contribution in [2.24, 2.45) is 5.41 Å². The third-order valence-corrected chi connectivity index (χ3v) is 3.52. The zero-order valence-corrected chi connectivity index (χ0v) is 15.4. The number of anilines is 1. The summed E-state index contributed by atoms with van der Waals surface area (Å²) in [5.74, 6) is -0.0324. The molecule has 0 unspecified atom stereocenters. The predicted molar refractivity (Wildman–Crippen MR) is 94.6 cm³/mol. The van der Waals surface area contributed by atoms with Crippen LogP contribution in [-0.2, 0) is 0 Å². The van der Waals surface area contributed by atoms with Gasteiger partial charge in [0, 0.05) is 26.2 Å². The van der Waals surface area contributed by atoms with Gasteiger partial charge in [-0.15, -0.1) is 0 Å². The molecule has 0 aliphatic rings. The van der Waals surface area contributed by atoms with E-state index in [-0.39, 0.29) is 22.8 Å². The average molecular weight is 349 g/mol. The van der Waals surface area contributed by atoms with Crippen molar-refractivity contribution in [3.8, 4) is 17.1 Å². The first kappa shape index (κ1) is 18.8. The topological polar surface area (TPSA) is 67.6 Å². The lowest BCUT2D eigenvalue weighted by Crippen LogP contribution is -2.33. The van der Waals surface area contributed by atoms with Gasteiger partial charge in [0.2, 0.25) is 0 Å². The van der Waals surface area contributed by atoms with E-state index in [9.17, 15) is 9.18 Å². The Balaban J connectivity index is 2.47. The lowest BCUT2D eigenvalue weighted by Gasteiger charge is -2.19. The first-order valence-corrected chi connectivity index (χ1v) is 7.93. The number of hydrogen-bond donors (Lipinski definition) is 1. The molecule has 0 saturated heterocycles. The first-order valence-electron chi connectivity index (χ1n) is 7.93. The molecule has 2 aromatic rings. The van der Waals surface area contributed by atoms with Crippen molar-refractivity contribution < 1.29 is 18.4 Å².